The van der Waals surface area contributed by atoms with Crippen LogP contribution in [0.3, 0.4) is 0 Å². The number of anilines is 1. The number of benzene rings is 1. The largest absolute Gasteiger partial charge is 0.497 e. The molecule has 8 nitrogen and oxygen atoms in total. The molecule has 2 aromatic heterocycles. The van der Waals surface area contributed by atoms with Crippen molar-refractivity contribution < 1.29 is 18.7 Å². The molecule has 1 aromatic carbocycles. The molecule has 0 bridgehead atoms. The lowest BCUT2D eigenvalue weighted by Crippen LogP contribution is -2.43. The number of amides is 1. The van der Waals surface area contributed by atoms with Crippen molar-refractivity contribution in [1.29, 1.82) is 0 Å². The Hall–Kier alpha value is -3.29. The van der Waals surface area contributed by atoms with Crippen LogP contribution >= 0.6 is 0 Å². The van der Waals surface area contributed by atoms with E-state index >= 15 is 0 Å². The predicted octanol–water partition coefficient (Wildman–Crippen LogP) is 3.70. The highest BCUT2D eigenvalue weighted by Gasteiger charge is 2.29. The number of methoxy groups -OCH3 is 2. The van der Waals surface area contributed by atoms with E-state index in [1.54, 1.807) is 14.2 Å². The Labute approximate surface area is 187 Å². The molecule has 1 saturated heterocycles. The number of nitrogens with one attached hydrogen (secondary N) is 1. The molecule has 1 aliphatic rings. The molecular weight excluding hydrogens is 408 g/mol. The zero-order chi connectivity index (χ0) is 22.8. The van der Waals surface area contributed by atoms with Gasteiger partial charge in [0.05, 0.1) is 25.5 Å². The summed E-state index contributed by atoms with van der Waals surface area (Å²) in [5.74, 6) is 3.70. The number of nitrogens with zero attached hydrogens (tertiary/aromatic N) is 3. The van der Waals surface area contributed by atoms with Gasteiger partial charge < -0.3 is 24.1 Å². The van der Waals surface area contributed by atoms with E-state index in [-0.39, 0.29) is 11.8 Å². The Bertz CT molecular complexity index is 1140. The zero-order valence-electron chi connectivity index (χ0n) is 19.3. The van der Waals surface area contributed by atoms with Crippen molar-refractivity contribution in [1.82, 2.24) is 15.3 Å². The van der Waals surface area contributed by atoms with Crippen molar-refractivity contribution in [2.45, 2.75) is 40.2 Å². The second-order valence-corrected chi connectivity index (χ2v) is 8.24. The molecule has 3 heterocycles. The minimum absolute atomic E-state index is 0.0367. The summed E-state index contributed by atoms with van der Waals surface area (Å²) in [6.45, 7) is 7.70. The van der Waals surface area contributed by atoms with E-state index in [1.807, 2.05) is 39.0 Å². The van der Waals surface area contributed by atoms with Crippen LogP contribution in [0.1, 0.15) is 35.6 Å². The quantitative estimate of drug-likeness (QED) is 0.628. The molecule has 0 aliphatic carbocycles. The van der Waals surface area contributed by atoms with Crippen LogP contribution in [0.5, 0.6) is 11.5 Å². The lowest BCUT2D eigenvalue weighted by atomic mass is 9.96. The minimum Gasteiger partial charge on any atom is -0.497 e. The van der Waals surface area contributed by atoms with Crippen LogP contribution in [0.15, 0.2) is 22.6 Å². The fourth-order valence-corrected chi connectivity index (χ4v) is 4.27. The molecule has 1 unspecified atom stereocenters. The Morgan fingerprint density at radius 2 is 2.03 bits per heavy atom. The standard InChI is InChI=1S/C24H30N4O4/c1-14-15(2)32-24-21(14)22(26-16(3)27-24)28-10-6-7-18(13-28)23(29)25-12-17-8-9-19(30-4)11-20(17)31-5/h8-9,11,18H,6-7,10,12-13H2,1-5H3,(H,25,29). The molecule has 3 aromatic rings. The van der Waals surface area contributed by atoms with Crippen LogP contribution in [0, 0.1) is 26.7 Å². The lowest BCUT2D eigenvalue weighted by Gasteiger charge is -2.33. The molecule has 32 heavy (non-hydrogen) atoms. The number of hydrogen-bond acceptors (Lipinski definition) is 7. The smallest absolute Gasteiger partial charge is 0.231 e. The van der Waals surface area contributed by atoms with Crippen molar-refractivity contribution in [3.05, 3.63) is 40.9 Å². The highest BCUT2D eigenvalue weighted by Crippen LogP contribution is 2.33. The van der Waals surface area contributed by atoms with Gasteiger partial charge >= 0.3 is 0 Å². The van der Waals surface area contributed by atoms with Gasteiger partial charge in [-0.1, -0.05) is 0 Å². The SMILES string of the molecule is COc1ccc(CNC(=O)C2CCCN(c3nc(C)nc4oc(C)c(C)c34)C2)c(OC)c1. The van der Waals surface area contributed by atoms with Crippen molar-refractivity contribution in [2.75, 3.05) is 32.2 Å². The maximum absolute atomic E-state index is 13.0. The van der Waals surface area contributed by atoms with Gasteiger partial charge in [0, 0.05) is 36.8 Å². The first-order valence-corrected chi connectivity index (χ1v) is 10.9. The van der Waals surface area contributed by atoms with Gasteiger partial charge in [-0.3, -0.25) is 4.79 Å². The third-order valence-corrected chi connectivity index (χ3v) is 6.16. The maximum Gasteiger partial charge on any atom is 0.231 e. The minimum atomic E-state index is -0.119. The molecule has 8 heteroatoms. The number of ether oxygens (including phenoxy) is 2. The molecule has 4 rings (SSSR count). The van der Waals surface area contributed by atoms with E-state index in [0.29, 0.717) is 30.4 Å². The number of carbonyl (C=O) groups is 1. The monoisotopic (exact) mass is 438 g/mol. The van der Waals surface area contributed by atoms with Crippen LogP contribution in [0.4, 0.5) is 5.82 Å². The molecule has 0 saturated carbocycles. The molecule has 0 radical (unpaired) electrons. The summed E-state index contributed by atoms with van der Waals surface area (Å²) < 4.78 is 16.5. The molecular formula is C24H30N4O4. The first-order chi connectivity index (χ1) is 15.4. The summed E-state index contributed by atoms with van der Waals surface area (Å²) in [5, 5.41) is 4.02. The molecule has 1 N–H and O–H groups in total. The highest BCUT2D eigenvalue weighted by molar-refractivity contribution is 5.90. The van der Waals surface area contributed by atoms with Gasteiger partial charge in [-0.2, -0.15) is 4.98 Å². The number of aromatic nitrogens is 2. The first-order valence-electron chi connectivity index (χ1n) is 10.9. The zero-order valence-corrected chi connectivity index (χ0v) is 19.3. The summed E-state index contributed by atoms with van der Waals surface area (Å²) in [6, 6.07) is 5.60. The normalized spacial score (nSPS) is 16.3. The molecule has 170 valence electrons. The van der Waals surface area contributed by atoms with E-state index in [9.17, 15) is 4.79 Å². The van der Waals surface area contributed by atoms with Crippen LogP contribution < -0.4 is 19.7 Å². The molecule has 1 atom stereocenters. The topological polar surface area (TPSA) is 89.7 Å². The Kier molecular flexibility index (Phi) is 6.21. The predicted molar refractivity (Wildman–Crippen MR) is 122 cm³/mol. The Balaban J connectivity index is 1.49. The number of piperidine rings is 1. The lowest BCUT2D eigenvalue weighted by molar-refractivity contribution is -0.125. The maximum atomic E-state index is 13.0. The number of rotatable bonds is 6. The van der Waals surface area contributed by atoms with E-state index in [2.05, 4.69) is 15.2 Å². The van der Waals surface area contributed by atoms with Crippen molar-refractivity contribution in [3.8, 4) is 11.5 Å². The third kappa shape index (κ3) is 4.22. The van der Waals surface area contributed by atoms with Crippen LogP contribution in [-0.2, 0) is 11.3 Å². The number of fused-ring (bicyclic) bond motifs is 1. The Morgan fingerprint density at radius 1 is 1.22 bits per heavy atom. The summed E-state index contributed by atoms with van der Waals surface area (Å²) in [6.07, 6.45) is 1.77. The van der Waals surface area contributed by atoms with E-state index in [4.69, 9.17) is 18.9 Å². The number of aryl methyl sites for hydroxylation is 3. The van der Waals surface area contributed by atoms with Crippen LogP contribution in [0.2, 0.25) is 0 Å². The molecule has 1 aliphatic heterocycles. The van der Waals surface area contributed by atoms with Crippen LogP contribution in [0.25, 0.3) is 11.1 Å². The number of carbonyl (C=O) groups excluding carboxylic acids is 1. The van der Waals surface area contributed by atoms with E-state index in [0.717, 1.165) is 53.2 Å². The number of furan rings is 1. The Morgan fingerprint density at radius 3 is 2.78 bits per heavy atom. The van der Waals surface area contributed by atoms with Crippen molar-refractivity contribution in [2.24, 2.45) is 5.92 Å². The van der Waals surface area contributed by atoms with Gasteiger partial charge in [0.25, 0.3) is 0 Å². The average molecular weight is 439 g/mol. The van der Waals surface area contributed by atoms with Crippen molar-refractivity contribution >= 4 is 22.8 Å². The second-order valence-electron chi connectivity index (χ2n) is 8.24. The van der Waals surface area contributed by atoms with Crippen molar-refractivity contribution in [3.63, 3.8) is 0 Å². The van der Waals surface area contributed by atoms with Gasteiger partial charge in [0.1, 0.15) is 28.9 Å². The summed E-state index contributed by atoms with van der Waals surface area (Å²) in [7, 11) is 3.23. The first kappa shape index (κ1) is 21.9. The van der Waals surface area contributed by atoms with Gasteiger partial charge in [-0.25, -0.2) is 4.98 Å². The summed E-state index contributed by atoms with van der Waals surface area (Å²) in [4.78, 5) is 24.4. The molecule has 1 fully saturated rings. The van der Waals surface area contributed by atoms with Gasteiger partial charge in [-0.15, -0.1) is 0 Å². The van der Waals surface area contributed by atoms with E-state index in [1.165, 1.54) is 0 Å². The highest BCUT2D eigenvalue weighted by atomic mass is 16.5. The third-order valence-electron chi connectivity index (χ3n) is 6.16. The summed E-state index contributed by atoms with van der Waals surface area (Å²) in [5.41, 5.74) is 2.57. The second kappa shape index (κ2) is 9.06. The molecule has 0 spiro atoms. The van der Waals surface area contributed by atoms with Gasteiger partial charge in [0.15, 0.2) is 0 Å². The van der Waals surface area contributed by atoms with E-state index < -0.39 is 0 Å². The fraction of sp³-hybridized carbons (Fsp3) is 0.458. The molecule has 1 amide bonds. The van der Waals surface area contributed by atoms with Gasteiger partial charge in [-0.05, 0) is 45.7 Å². The average Bonchev–Trinajstić information content (AvgIpc) is 3.09. The van der Waals surface area contributed by atoms with Crippen LogP contribution in [-0.4, -0.2) is 43.2 Å². The van der Waals surface area contributed by atoms with Gasteiger partial charge in [0.2, 0.25) is 11.6 Å². The fourth-order valence-electron chi connectivity index (χ4n) is 4.27. The summed E-state index contributed by atoms with van der Waals surface area (Å²) >= 11 is 0. The number of hydrogen-bond donors (Lipinski definition) is 1.